The van der Waals surface area contributed by atoms with Crippen molar-refractivity contribution >= 4 is 8.60 Å². The number of hydrogen-bond donors (Lipinski definition) is 3. The molecule has 20 heavy (non-hydrogen) atoms. The fourth-order valence-electron chi connectivity index (χ4n) is 2.57. The third-order valence-electron chi connectivity index (χ3n) is 4.29. The summed E-state index contributed by atoms with van der Waals surface area (Å²) in [5, 5.41) is 0. The molecule has 5 heteroatoms. The molecule has 1 rings (SSSR count). The first-order valence-corrected chi connectivity index (χ1v) is 8.08. The standard InChI is InChI=1S/C15H28NO3P/c1-13(2,3)11-9-15(10-16,14(4,5)6)8-7-12(11)19-20(17)18/h7-8,17-18H,9-10,16H2,1-6H3. The van der Waals surface area contributed by atoms with Crippen LogP contribution in [0.4, 0.5) is 0 Å². The van der Waals surface area contributed by atoms with Crippen molar-refractivity contribution in [3.63, 3.8) is 0 Å². The zero-order valence-electron chi connectivity index (χ0n) is 13.4. The first-order valence-electron chi connectivity index (χ1n) is 6.92. The molecule has 1 atom stereocenters. The van der Waals surface area contributed by atoms with Gasteiger partial charge in [-0.3, -0.25) is 0 Å². The Morgan fingerprint density at radius 2 is 1.80 bits per heavy atom. The van der Waals surface area contributed by atoms with Gasteiger partial charge in [0, 0.05) is 12.0 Å². The van der Waals surface area contributed by atoms with Crippen molar-refractivity contribution in [3.8, 4) is 0 Å². The summed E-state index contributed by atoms with van der Waals surface area (Å²) in [6, 6.07) is 0. The van der Waals surface area contributed by atoms with E-state index in [2.05, 4.69) is 47.6 Å². The molecule has 0 saturated heterocycles. The summed E-state index contributed by atoms with van der Waals surface area (Å²) in [7, 11) is -2.40. The Bertz CT molecular complexity index is 416. The van der Waals surface area contributed by atoms with Gasteiger partial charge in [-0.25, -0.2) is 0 Å². The largest absolute Gasteiger partial charge is 0.427 e. The van der Waals surface area contributed by atoms with Gasteiger partial charge in [0.05, 0.1) is 0 Å². The SMILES string of the molecule is CC(C)(C)C1=C(OP(O)O)C=CC(CN)(C(C)(C)C)C1. The molecule has 0 aromatic rings. The monoisotopic (exact) mass is 301 g/mol. The normalized spacial score (nSPS) is 24.5. The van der Waals surface area contributed by atoms with Crippen LogP contribution >= 0.6 is 8.60 Å². The molecule has 0 aromatic carbocycles. The van der Waals surface area contributed by atoms with Crippen molar-refractivity contribution in [1.82, 2.24) is 0 Å². The van der Waals surface area contributed by atoms with Crippen LogP contribution in [-0.2, 0) is 4.52 Å². The Hall–Kier alpha value is -0.410. The lowest BCUT2D eigenvalue weighted by molar-refractivity contribution is 0.139. The second-order valence-electron chi connectivity index (χ2n) is 7.56. The number of allylic oxidation sites excluding steroid dienone is 2. The fraction of sp³-hybridized carbons (Fsp3) is 0.733. The summed E-state index contributed by atoms with van der Waals surface area (Å²) in [6.45, 7) is 13.4. The van der Waals surface area contributed by atoms with Crippen LogP contribution < -0.4 is 5.73 Å². The van der Waals surface area contributed by atoms with E-state index in [1.807, 2.05) is 6.08 Å². The Morgan fingerprint density at radius 1 is 1.25 bits per heavy atom. The lowest BCUT2D eigenvalue weighted by Gasteiger charge is -2.46. The Balaban J connectivity index is 3.27. The molecular weight excluding hydrogens is 273 g/mol. The third-order valence-corrected chi connectivity index (χ3v) is 4.65. The molecule has 0 amide bonds. The molecule has 4 nitrogen and oxygen atoms in total. The summed E-state index contributed by atoms with van der Waals surface area (Å²) in [5.41, 5.74) is 6.91. The van der Waals surface area contributed by atoms with E-state index in [4.69, 9.17) is 20.0 Å². The van der Waals surface area contributed by atoms with E-state index in [1.54, 1.807) is 0 Å². The second kappa shape index (κ2) is 5.76. The van der Waals surface area contributed by atoms with Gasteiger partial charge in [0.25, 0.3) is 0 Å². The predicted molar refractivity (Wildman–Crippen MR) is 83.6 cm³/mol. The Morgan fingerprint density at radius 3 is 2.15 bits per heavy atom. The Kier molecular flexibility index (Phi) is 5.08. The molecule has 0 heterocycles. The van der Waals surface area contributed by atoms with Crippen LogP contribution in [0, 0.1) is 16.2 Å². The maximum absolute atomic E-state index is 9.14. The van der Waals surface area contributed by atoms with E-state index < -0.39 is 8.60 Å². The molecule has 1 aliphatic carbocycles. The topological polar surface area (TPSA) is 75.7 Å². The van der Waals surface area contributed by atoms with Crippen LogP contribution in [0.2, 0.25) is 0 Å². The summed E-state index contributed by atoms with van der Waals surface area (Å²) >= 11 is 0. The van der Waals surface area contributed by atoms with E-state index in [9.17, 15) is 0 Å². The molecule has 0 saturated carbocycles. The van der Waals surface area contributed by atoms with Crippen LogP contribution in [0.3, 0.4) is 0 Å². The maximum atomic E-state index is 9.14. The first kappa shape index (κ1) is 17.6. The third kappa shape index (κ3) is 3.62. The minimum absolute atomic E-state index is 0.0173. The van der Waals surface area contributed by atoms with Crippen molar-refractivity contribution in [2.45, 2.75) is 48.0 Å². The summed E-state index contributed by atoms with van der Waals surface area (Å²) in [6.07, 6.45) is 4.69. The average Bonchev–Trinajstić information content (AvgIpc) is 2.25. The summed E-state index contributed by atoms with van der Waals surface area (Å²) < 4.78 is 5.21. The molecule has 1 unspecified atom stereocenters. The molecule has 0 spiro atoms. The molecule has 4 N–H and O–H groups in total. The number of rotatable bonds is 3. The first-order chi connectivity index (χ1) is 8.93. The van der Waals surface area contributed by atoms with Gasteiger partial charge in [-0.15, -0.1) is 0 Å². The maximum Gasteiger partial charge on any atom is 0.391 e. The summed E-state index contributed by atoms with van der Waals surface area (Å²) in [4.78, 5) is 18.3. The highest BCUT2D eigenvalue weighted by Crippen LogP contribution is 2.51. The lowest BCUT2D eigenvalue weighted by atomic mass is 9.59. The van der Waals surface area contributed by atoms with Crippen LogP contribution in [0.15, 0.2) is 23.5 Å². The zero-order valence-corrected chi connectivity index (χ0v) is 14.3. The molecule has 116 valence electrons. The van der Waals surface area contributed by atoms with E-state index >= 15 is 0 Å². The Labute approximate surface area is 123 Å². The molecule has 0 aliphatic heterocycles. The van der Waals surface area contributed by atoms with Gasteiger partial charge in [0.15, 0.2) is 0 Å². The van der Waals surface area contributed by atoms with E-state index in [-0.39, 0.29) is 16.2 Å². The molecule has 1 aliphatic rings. The lowest BCUT2D eigenvalue weighted by Crippen LogP contribution is -2.43. The molecule has 0 bridgehead atoms. The quantitative estimate of drug-likeness (QED) is 0.698. The van der Waals surface area contributed by atoms with Crippen molar-refractivity contribution in [2.24, 2.45) is 22.0 Å². The van der Waals surface area contributed by atoms with Gasteiger partial charge in [-0.2, -0.15) is 0 Å². The van der Waals surface area contributed by atoms with Gasteiger partial charge >= 0.3 is 8.60 Å². The van der Waals surface area contributed by atoms with E-state index in [0.717, 1.165) is 12.0 Å². The molecular formula is C15H28NO3P. The average molecular weight is 301 g/mol. The van der Waals surface area contributed by atoms with Crippen molar-refractivity contribution in [2.75, 3.05) is 6.54 Å². The van der Waals surface area contributed by atoms with Gasteiger partial charge in [-0.1, -0.05) is 47.6 Å². The predicted octanol–water partition coefficient (Wildman–Crippen LogP) is 3.47. The minimum atomic E-state index is -2.40. The second-order valence-corrected chi connectivity index (χ2v) is 8.25. The van der Waals surface area contributed by atoms with Gasteiger partial charge in [-0.05, 0) is 28.9 Å². The van der Waals surface area contributed by atoms with Gasteiger partial charge < -0.3 is 20.0 Å². The highest BCUT2D eigenvalue weighted by Gasteiger charge is 2.43. The van der Waals surface area contributed by atoms with Crippen LogP contribution in [0.5, 0.6) is 0 Å². The highest BCUT2D eigenvalue weighted by atomic mass is 31.2. The fourth-order valence-corrected chi connectivity index (χ4v) is 2.91. The molecule has 0 fully saturated rings. The van der Waals surface area contributed by atoms with Crippen LogP contribution in [-0.4, -0.2) is 16.3 Å². The number of nitrogens with two attached hydrogens (primary N) is 1. The van der Waals surface area contributed by atoms with Crippen LogP contribution in [0.25, 0.3) is 0 Å². The van der Waals surface area contributed by atoms with Crippen molar-refractivity contribution in [1.29, 1.82) is 0 Å². The number of hydrogen-bond acceptors (Lipinski definition) is 4. The van der Waals surface area contributed by atoms with E-state index in [0.29, 0.717) is 12.3 Å². The highest BCUT2D eigenvalue weighted by molar-refractivity contribution is 7.39. The van der Waals surface area contributed by atoms with Crippen molar-refractivity contribution in [3.05, 3.63) is 23.5 Å². The smallest absolute Gasteiger partial charge is 0.391 e. The van der Waals surface area contributed by atoms with Crippen LogP contribution in [0.1, 0.15) is 48.0 Å². The summed E-state index contributed by atoms with van der Waals surface area (Å²) in [5.74, 6) is 0.571. The van der Waals surface area contributed by atoms with Gasteiger partial charge in [0.2, 0.25) is 0 Å². The van der Waals surface area contributed by atoms with E-state index in [1.165, 1.54) is 0 Å². The zero-order chi connectivity index (χ0) is 15.8. The molecule has 0 aromatic heterocycles. The minimum Gasteiger partial charge on any atom is -0.427 e. The van der Waals surface area contributed by atoms with Crippen molar-refractivity contribution < 1.29 is 14.3 Å². The molecule has 0 radical (unpaired) electrons. The van der Waals surface area contributed by atoms with Gasteiger partial charge in [0.1, 0.15) is 5.76 Å².